The molecular weight excluding hydrogens is 362 g/mol. The first-order valence-electron chi connectivity index (χ1n) is 10.2. The predicted molar refractivity (Wildman–Crippen MR) is 113 cm³/mol. The first kappa shape index (κ1) is 19.3. The molecule has 2 aromatic heterocycles. The molecule has 6 nitrogen and oxygen atoms in total. The van der Waals surface area contributed by atoms with Crippen molar-refractivity contribution in [2.45, 2.75) is 38.3 Å². The molecule has 1 fully saturated rings. The molecule has 2 unspecified atom stereocenters. The van der Waals surface area contributed by atoms with Crippen molar-refractivity contribution < 1.29 is 4.79 Å². The summed E-state index contributed by atoms with van der Waals surface area (Å²) in [7, 11) is 0. The Morgan fingerprint density at radius 3 is 2.83 bits per heavy atom. The number of hydrogen-bond acceptors (Lipinski definition) is 4. The SMILES string of the molecule is Cc1ccc(CC(NC(=O)c2ccn(C3CCCNC3)n2)c2ccccn2)cc1. The molecule has 3 heterocycles. The van der Waals surface area contributed by atoms with Crippen LogP contribution in [-0.2, 0) is 6.42 Å². The molecule has 4 rings (SSSR count). The summed E-state index contributed by atoms with van der Waals surface area (Å²) in [6.45, 7) is 4.02. The van der Waals surface area contributed by atoms with Gasteiger partial charge in [0.1, 0.15) is 5.69 Å². The van der Waals surface area contributed by atoms with Gasteiger partial charge in [-0.1, -0.05) is 35.9 Å². The Morgan fingerprint density at radius 1 is 1.24 bits per heavy atom. The van der Waals surface area contributed by atoms with Gasteiger partial charge in [-0.15, -0.1) is 0 Å². The number of pyridine rings is 1. The topological polar surface area (TPSA) is 71.8 Å². The molecule has 1 aliphatic rings. The second-order valence-corrected chi connectivity index (χ2v) is 7.65. The summed E-state index contributed by atoms with van der Waals surface area (Å²) in [4.78, 5) is 17.4. The standard InChI is InChI=1S/C23H27N5O/c1-17-7-9-18(10-8-17)15-22(20-6-2-3-13-25-20)26-23(29)21-11-14-28(27-21)19-5-4-12-24-16-19/h2-3,6-11,13-14,19,22,24H,4-5,12,15-16H2,1H3,(H,26,29). The number of nitrogens with zero attached hydrogens (tertiary/aromatic N) is 3. The zero-order valence-corrected chi connectivity index (χ0v) is 16.7. The van der Waals surface area contributed by atoms with Crippen LogP contribution in [0.2, 0.25) is 0 Å². The fraction of sp³-hybridized carbons (Fsp3) is 0.348. The van der Waals surface area contributed by atoms with Gasteiger partial charge in [-0.2, -0.15) is 5.10 Å². The van der Waals surface area contributed by atoms with E-state index in [1.807, 2.05) is 29.1 Å². The van der Waals surface area contributed by atoms with Crippen LogP contribution in [0.25, 0.3) is 0 Å². The van der Waals surface area contributed by atoms with Gasteiger partial charge in [0.05, 0.1) is 17.8 Å². The van der Waals surface area contributed by atoms with Crippen LogP contribution in [0.5, 0.6) is 0 Å². The average molecular weight is 390 g/mol. The normalized spacial score (nSPS) is 17.6. The van der Waals surface area contributed by atoms with Crippen LogP contribution in [0.3, 0.4) is 0 Å². The maximum absolute atomic E-state index is 12.9. The minimum absolute atomic E-state index is 0.171. The van der Waals surface area contributed by atoms with Crippen molar-refractivity contribution in [3.63, 3.8) is 0 Å². The van der Waals surface area contributed by atoms with Crippen LogP contribution in [0.1, 0.15) is 52.2 Å². The van der Waals surface area contributed by atoms with Crippen molar-refractivity contribution in [1.82, 2.24) is 25.4 Å². The lowest BCUT2D eigenvalue weighted by Gasteiger charge is -2.23. The molecule has 150 valence electrons. The molecule has 6 heteroatoms. The third-order valence-corrected chi connectivity index (χ3v) is 5.40. The Bertz CT molecular complexity index is 929. The van der Waals surface area contributed by atoms with Gasteiger partial charge in [0.15, 0.2) is 0 Å². The Balaban J connectivity index is 1.50. The summed E-state index contributed by atoms with van der Waals surface area (Å²) >= 11 is 0. The monoisotopic (exact) mass is 389 g/mol. The Hall–Kier alpha value is -2.99. The Morgan fingerprint density at radius 2 is 2.10 bits per heavy atom. The number of hydrogen-bond donors (Lipinski definition) is 2. The molecular formula is C23H27N5O. The van der Waals surface area contributed by atoms with Crippen molar-refractivity contribution in [1.29, 1.82) is 0 Å². The van der Waals surface area contributed by atoms with Gasteiger partial charge >= 0.3 is 0 Å². The number of rotatable bonds is 6. The van der Waals surface area contributed by atoms with Gasteiger partial charge in [-0.05, 0) is 56.5 Å². The lowest BCUT2D eigenvalue weighted by molar-refractivity contribution is 0.0929. The molecule has 0 saturated carbocycles. The minimum atomic E-state index is -0.215. The number of piperidine rings is 1. The highest BCUT2D eigenvalue weighted by Gasteiger charge is 2.21. The highest BCUT2D eigenvalue weighted by molar-refractivity contribution is 5.92. The van der Waals surface area contributed by atoms with Crippen LogP contribution >= 0.6 is 0 Å². The highest BCUT2D eigenvalue weighted by Crippen LogP contribution is 2.19. The van der Waals surface area contributed by atoms with Crippen molar-refractivity contribution >= 4 is 5.91 Å². The van der Waals surface area contributed by atoms with E-state index in [9.17, 15) is 4.79 Å². The summed E-state index contributed by atoms with van der Waals surface area (Å²) in [6.07, 6.45) is 6.55. The van der Waals surface area contributed by atoms with Crippen LogP contribution in [0.15, 0.2) is 60.9 Å². The fourth-order valence-electron chi connectivity index (χ4n) is 3.73. The second kappa shape index (κ2) is 9.01. The van der Waals surface area contributed by atoms with Gasteiger partial charge in [-0.3, -0.25) is 14.5 Å². The van der Waals surface area contributed by atoms with Crippen molar-refractivity contribution in [2.24, 2.45) is 0 Å². The third kappa shape index (κ3) is 4.90. The first-order chi connectivity index (χ1) is 14.2. The molecule has 1 aliphatic heterocycles. The zero-order valence-electron chi connectivity index (χ0n) is 16.7. The minimum Gasteiger partial charge on any atom is -0.342 e. The Kier molecular flexibility index (Phi) is 6.00. The molecule has 0 aliphatic carbocycles. The quantitative estimate of drug-likeness (QED) is 0.679. The average Bonchev–Trinajstić information content (AvgIpc) is 3.26. The summed E-state index contributed by atoms with van der Waals surface area (Å²) in [5, 5.41) is 11.1. The van der Waals surface area contributed by atoms with E-state index in [1.54, 1.807) is 12.3 Å². The first-order valence-corrected chi connectivity index (χ1v) is 10.2. The molecule has 1 amide bonds. The summed E-state index contributed by atoms with van der Waals surface area (Å²) < 4.78 is 1.91. The van der Waals surface area contributed by atoms with Gasteiger partial charge in [0.25, 0.3) is 5.91 Å². The summed E-state index contributed by atoms with van der Waals surface area (Å²) in [5.74, 6) is -0.171. The van der Waals surface area contributed by atoms with E-state index in [4.69, 9.17) is 0 Å². The maximum Gasteiger partial charge on any atom is 0.272 e. The largest absolute Gasteiger partial charge is 0.342 e. The molecule has 2 atom stereocenters. The van der Waals surface area contributed by atoms with Gasteiger partial charge in [-0.25, -0.2) is 0 Å². The molecule has 0 radical (unpaired) electrons. The lowest BCUT2D eigenvalue weighted by atomic mass is 10.0. The second-order valence-electron chi connectivity index (χ2n) is 7.65. The number of carbonyl (C=O) groups excluding carboxylic acids is 1. The molecule has 29 heavy (non-hydrogen) atoms. The van der Waals surface area contributed by atoms with Crippen LogP contribution in [-0.4, -0.2) is 33.8 Å². The number of nitrogens with one attached hydrogen (secondary N) is 2. The maximum atomic E-state index is 12.9. The van der Waals surface area contributed by atoms with Gasteiger partial charge in [0, 0.05) is 18.9 Å². The van der Waals surface area contributed by atoms with Crippen LogP contribution < -0.4 is 10.6 Å². The molecule has 1 aromatic carbocycles. The lowest BCUT2D eigenvalue weighted by Crippen LogP contribution is -2.33. The number of carbonyl (C=O) groups is 1. The Labute approximate surface area is 171 Å². The van der Waals surface area contributed by atoms with E-state index in [0.29, 0.717) is 18.2 Å². The molecule has 1 saturated heterocycles. The number of amides is 1. The highest BCUT2D eigenvalue weighted by atomic mass is 16.2. The van der Waals surface area contributed by atoms with E-state index in [1.165, 1.54) is 5.56 Å². The predicted octanol–water partition coefficient (Wildman–Crippen LogP) is 3.22. The van der Waals surface area contributed by atoms with Gasteiger partial charge < -0.3 is 10.6 Å². The fourth-order valence-corrected chi connectivity index (χ4v) is 3.73. The van der Waals surface area contributed by atoms with Crippen molar-refractivity contribution in [3.8, 4) is 0 Å². The molecule has 2 N–H and O–H groups in total. The number of aryl methyl sites for hydroxylation is 1. The summed E-state index contributed by atoms with van der Waals surface area (Å²) in [5.41, 5.74) is 3.66. The molecule has 0 spiro atoms. The van der Waals surface area contributed by atoms with Crippen LogP contribution in [0.4, 0.5) is 0 Å². The van der Waals surface area contributed by atoms with E-state index in [2.05, 4.69) is 51.9 Å². The van der Waals surface area contributed by atoms with E-state index in [-0.39, 0.29) is 11.9 Å². The third-order valence-electron chi connectivity index (χ3n) is 5.40. The van der Waals surface area contributed by atoms with Crippen LogP contribution in [0, 0.1) is 6.92 Å². The van der Waals surface area contributed by atoms with E-state index >= 15 is 0 Å². The van der Waals surface area contributed by atoms with Crippen molar-refractivity contribution in [2.75, 3.05) is 13.1 Å². The molecule has 3 aromatic rings. The number of aromatic nitrogens is 3. The zero-order chi connectivity index (χ0) is 20.1. The van der Waals surface area contributed by atoms with E-state index < -0.39 is 0 Å². The van der Waals surface area contributed by atoms with Gasteiger partial charge in [0.2, 0.25) is 0 Å². The summed E-state index contributed by atoms with van der Waals surface area (Å²) in [6, 6.07) is 16.0. The van der Waals surface area contributed by atoms with E-state index in [0.717, 1.165) is 37.2 Å². The number of benzene rings is 1. The smallest absolute Gasteiger partial charge is 0.272 e. The van der Waals surface area contributed by atoms with Crippen molar-refractivity contribution in [3.05, 3.63) is 83.4 Å². The molecule has 0 bridgehead atoms.